The predicted octanol–water partition coefficient (Wildman–Crippen LogP) is 2.26. The molecule has 0 aliphatic rings. The summed E-state index contributed by atoms with van der Waals surface area (Å²) < 4.78 is 5.59. The lowest BCUT2D eigenvalue weighted by atomic mass is 10.1. The summed E-state index contributed by atoms with van der Waals surface area (Å²) in [4.78, 5) is 11.8. The minimum absolute atomic E-state index is 0.00231. The Hall–Kier alpha value is -1.55. The van der Waals surface area contributed by atoms with E-state index in [9.17, 15) is 4.79 Å². The van der Waals surface area contributed by atoms with Gasteiger partial charge in [-0.3, -0.25) is 4.79 Å². The summed E-state index contributed by atoms with van der Waals surface area (Å²) in [7, 11) is 1.77. The van der Waals surface area contributed by atoms with Crippen molar-refractivity contribution in [3.05, 3.63) is 29.8 Å². The van der Waals surface area contributed by atoms with Gasteiger partial charge in [0.2, 0.25) is 5.91 Å². The van der Waals surface area contributed by atoms with E-state index in [2.05, 4.69) is 10.6 Å². The van der Waals surface area contributed by atoms with Crippen LogP contribution in [0.1, 0.15) is 39.3 Å². The molecule has 2 N–H and O–H groups in total. The zero-order chi connectivity index (χ0) is 14.4. The maximum absolute atomic E-state index is 11.8. The molecule has 4 heteroatoms. The van der Waals surface area contributed by atoms with E-state index in [0.717, 1.165) is 11.3 Å². The molecule has 0 aliphatic carbocycles. The molecule has 0 radical (unpaired) electrons. The number of likely N-dealkylation sites (N-methyl/N-ethyl adjacent to an activating group) is 1. The highest BCUT2D eigenvalue weighted by atomic mass is 16.5. The van der Waals surface area contributed by atoms with E-state index in [1.54, 1.807) is 7.05 Å². The molecule has 0 aliphatic heterocycles. The van der Waals surface area contributed by atoms with E-state index in [4.69, 9.17) is 4.74 Å². The normalized spacial score (nSPS) is 14.0. The Morgan fingerprint density at radius 3 is 2.16 bits per heavy atom. The van der Waals surface area contributed by atoms with Crippen molar-refractivity contribution < 1.29 is 9.53 Å². The molecule has 0 fully saturated rings. The molecule has 19 heavy (non-hydrogen) atoms. The molecule has 0 saturated heterocycles. The van der Waals surface area contributed by atoms with E-state index in [1.807, 2.05) is 52.0 Å². The molecule has 1 aromatic carbocycles. The fraction of sp³-hybridized carbons (Fsp3) is 0.533. The van der Waals surface area contributed by atoms with E-state index in [0.29, 0.717) is 0 Å². The Labute approximate surface area is 115 Å². The summed E-state index contributed by atoms with van der Waals surface area (Å²) in [5.41, 5.74) is 1.06. The third-order valence-corrected chi connectivity index (χ3v) is 2.94. The number of ether oxygens (including phenoxy) is 1. The van der Waals surface area contributed by atoms with E-state index >= 15 is 0 Å². The van der Waals surface area contributed by atoms with Gasteiger partial charge in [-0.05, 0) is 52.4 Å². The van der Waals surface area contributed by atoms with Crippen LogP contribution in [0.15, 0.2) is 24.3 Å². The Balaban J connectivity index is 2.62. The van der Waals surface area contributed by atoms with Gasteiger partial charge in [0.05, 0.1) is 18.2 Å². The Morgan fingerprint density at radius 2 is 1.68 bits per heavy atom. The van der Waals surface area contributed by atoms with Crippen LogP contribution < -0.4 is 15.4 Å². The van der Waals surface area contributed by atoms with Crippen molar-refractivity contribution in [3.63, 3.8) is 0 Å². The third-order valence-electron chi connectivity index (χ3n) is 2.94. The third kappa shape index (κ3) is 4.91. The van der Waals surface area contributed by atoms with Gasteiger partial charge in [-0.1, -0.05) is 12.1 Å². The van der Waals surface area contributed by atoms with Crippen molar-refractivity contribution >= 4 is 5.91 Å². The van der Waals surface area contributed by atoms with Gasteiger partial charge >= 0.3 is 0 Å². The summed E-state index contributed by atoms with van der Waals surface area (Å²) >= 11 is 0. The highest BCUT2D eigenvalue weighted by Crippen LogP contribution is 2.18. The van der Waals surface area contributed by atoms with Crippen LogP contribution in [0.5, 0.6) is 5.75 Å². The van der Waals surface area contributed by atoms with Gasteiger partial charge in [0, 0.05) is 0 Å². The standard InChI is InChI=1S/C15H24N2O2/c1-10(2)19-14-8-6-13(7-9-14)11(3)17-15(18)12(4)16-5/h6-12,16H,1-5H3,(H,17,18). The molecule has 1 aromatic rings. The largest absolute Gasteiger partial charge is 0.491 e. The van der Waals surface area contributed by atoms with Gasteiger partial charge in [-0.2, -0.15) is 0 Å². The molecular weight excluding hydrogens is 240 g/mol. The summed E-state index contributed by atoms with van der Waals surface area (Å²) in [6.45, 7) is 7.80. The summed E-state index contributed by atoms with van der Waals surface area (Å²) in [5, 5.41) is 5.89. The van der Waals surface area contributed by atoms with Crippen LogP contribution in [0.25, 0.3) is 0 Å². The van der Waals surface area contributed by atoms with Crippen molar-refractivity contribution in [1.29, 1.82) is 0 Å². The first-order valence-corrected chi connectivity index (χ1v) is 6.68. The van der Waals surface area contributed by atoms with Crippen molar-refractivity contribution in [2.24, 2.45) is 0 Å². The number of nitrogens with one attached hydrogen (secondary N) is 2. The number of hydrogen-bond donors (Lipinski definition) is 2. The van der Waals surface area contributed by atoms with E-state index < -0.39 is 0 Å². The minimum atomic E-state index is -0.189. The van der Waals surface area contributed by atoms with Crippen molar-refractivity contribution in [1.82, 2.24) is 10.6 Å². The number of hydrogen-bond acceptors (Lipinski definition) is 3. The lowest BCUT2D eigenvalue weighted by molar-refractivity contribution is -0.123. The maximum atomic E-state index is 11.8. The second-order valence-electron chi connectivity index (χ2n) is 4.98. The maximum Gasteiger partial charge on any atom is 0.237 e. The quantitative estimate of drug-likeness (QED) is 0.828. The Kier molecular flexibility index (Phi) is 5.83. The zero-order valence-corrected chi connectivity index (χ0v) is 12.4. The first-order valence-electron chi connectivity index (χ1n) is 6.68. The van der Waals surface area contributed by atoms with Gasteiger partial charge in [0.25, 0.3) is 0 Å². The summed E-state index contributed by atoms with van der Waals surface area (Å²) in [6, 6.07) is 7.61. The monoisotopic (exact) mass is 264 g/mol. The Morgan fingerprint density at radius 1 is 1.11 bits per heavy atom. The number of benzene rings is 1. The molecular formula is C15H24N2O2. The van der Waals surface area contributed by atoms with Gasteiger partial charge in [-0.25, -0.2) is 0 Å². The smallest absolute Gasteiger partial charge is 0.237 e. The zero-order valence-electron chi connectivity index (χ0n) is 12.4. The number of amides is 1. The minimum Gasteiger partial charge on any atom is -0.491 e. The van der Waals surface area contributed by atoms with Gasteiger partial charge in [0.1, 0.15) is 5.75 Å². The van der Waals surface area contributed by atoms with E-state index in [1.165, 1.54) is 0 Å². The number of carbonyl (C=O) groups is 1. The highest BCUT2D eigenvalue weighted by molar-refractivity contribution is 5.81. The first kappa shape index (κ1) is 15.5. The molecule has 2 atom stereocenters. The molecule has 1 rings (SSSR count). The van der Waals surface area contributed by atoms with Crippen LogP contribution >= 0.6 is 0 Å². The van der Waals surface area contributed by atoms with Crippen LogP contribution in [0, 0.1) is 0 Å². The summed E-state index contributed by atoms with van der Waals surface area (Å²) in [6.07, 6.45) is 0.166. The fourth-order valence-corrected chi connectivity index (χ4v) is 1.66. The van der Waals surface area contributed by atoms with Crippen molar-refractivity contribution in [3.8, 4) is 5.75 Å². The average molecular weight is 264 g/mol. The molecule has 0 aromatic heterocycles. The van der Waals surface area contributed by atoms with Gasteiger partial charge < -0.3 is 15.4 Å². The molecule has 0 saturated carbocycles. The predicted molar refractivity (Wildman–Crippen MR) is 77.3 cm³/mol. The van der Waals surface area contributed by atoms with Crippen LogP contribution in [0.2, 0.25) is 0 Å². The lowest BCUT2D eigenvalue weighted by Crippen LogP contribution is -2.41. The molecule has 0 spiro atoms. The molecule has 1 amide bonds. The van der Waals surface area contributed by atoms with Crippen molar-refractivity contribution in [2.75, 3.05) is 7.05 Å². The molecule has 0 bridgehead atoms. The lowest BCUT2D eigenvalue weighted by Gasteiger charge is -2.18. The fourth-order valence-electron chi connectivity index (χ4n) is 1.66. The highest BCUT2D eigenvalue weighted by Gasteiger charge is 2.14. The molecule has 106 valence electrons. The van der Waals surface area contributed by atoms with Crippen LogP contribution in [0.3, 0.4) is 0 Å². The number of carbonyl (C=O) groups excluding carboxylic acids is 1. The number of rotatable bonds is 6. The van der Waals surface area contributed by atoms with Gasteiger partial charge in [-0.15, -0.1) is 0 Å². The van der Waals surface area contributed by atoms with Crippen LogP contribution in [0.4, 0.5) is 0 Å². The second-order valence-corrected chi connectivity index (χ2v) is 4.98. The molecule has 0 heterocycles. The first-order chi connectivity index (χ1) is 8.93. The second kappa shape index (κ2) is 7.14. The molecule has 2 unspecified atom stereocenters. The molecule has 4 nitrogen and oxygen atoms in total. The SMILES string of the molecule is CNC(C)C(=O)NC(C)c1ccc(OC(C)C)cc1. The van der Waals surface area contributed by atoms with E-state index in [-0.39, 0.29) is 24.1 Å². The van der Waals surface area contributed by atoms with Crippen LogP contribution in [-0.4, -0.2) is 25.1 Å². The topological polar surface area (TPSA) is 50.4 Å². The Bertz CT molecular complexity index is 401. The summed E-state index contributed by atoms with van der Waals surface area (Å²) in [5.74, 6) is 0.846. The van der Waals surface area contributed by atoms with Gasteiger partial charge in [0.15, 0.2) is 0 Å². The van der Waals surface area contributed by atoms with Crippen molar-refractivity contribution in [2.45, 2.75) is 45.9 Å². The van der Waals surface area contributed by atoms with Crippen LogP contribution in [-0.2, 0) is 4.79 Å². The average Bonchev–Trinajstić information content (AvgIpc) is 2.37.